The van der Waals surface area contributed by atoms with Gasteiger partial charge in [-0.15, -0.1) is 0 Å². The van der Waals surface area contributed by atoms with Gasteiger partial charge in [0.25, 0.3) is 0 Å². The minimum atomic E-state index is -0.132. The van der Waals surface area contributed by atoms with Crippen LogP contribution in [0.2, 0.25) is 0 Å². The first-order valence-electron chi connectivity index (χ1n) is 7.05. The number of aryl methyl sites for hydroxylation is 1. The Kier molecular flexibility index (Phi) is 3.70. The molecule has 0 aliphatic carbocycles. The maximum absolute atomic E-state index is 14.3. The smallest absolute Gasteiger partial charge is 0.146 e. The zero-order valence-electron chi connectivity index (χ0n) is 11.6. The topological polar surface area (TPSA) is 15.3 Å². The largest absolute Gasteiger partial charge is 0.359 e. The highest BCUT2D eigenvalue weighted by Gasteiger charge is 2.26. The number of nitrogens with zero attached hydrogens (tertiary/aromatic N) is 1. The van der Waals surface area contributed by atoms with E-state index in [2.05, 4.69) is 22.3 Å². The first kappa shape index (κ1) is 13.1. The monoisotopic (exact) mass is 270 g/mol. The van der Waals surface area contributed by atoms with E-state index in [4.69, 9.17) is 0 Å². The van der Waals surface area contributed by atoms with E-state index in [1.165, 1.54) is 5.56 Å². The predicted molar refractivity (Wildman–Crippen MR) is 80.5 cm³/mol. The lowest BCUT2D eigenvalue weighted by molar-refractivity contribution is 0.480. The lowest BCUT2D eigenvalue weighted by Gasteiger charge is -2.39. The van der Waals surface area contributed by atoms with Gasteiger partial charge in [0.05, 0.1) is 11.7 Å². The number of hydrogen-bond acceptors (Lipinski definition) is 2. The fourth-order valence-electron chi connectivity index (χ4n) is 2.93. The van der Waals surface area contributed by atoms with E-state index < -0.39 is 0 Å². The predicted octanol–water partition coefficient (Wildman–Crippen LogP) is 3.29. The number of benzene rings is 2. The van der Waals surface area contributed by atoms with Gasteiger partial charge in [0.1, 0.15) is 5.82 Å². The van der Waals surface area contributed by atoms with Gasteiger partial charge in [-0.25, -0.2) is 4.39 Å². The molecule has 1 heterocycles. The SMILES string of the molecule is Cc1cccc(F)c1N1CCNCC1c1ccccc1. The number of hydrogen-bond donors (Lipinski definition) is 1. The summed E-state index contributed by atoms with van der Waals surface area (Å²) in [6.45, 7) is 4.53. The molecular weight excluding hydrogens is 251 g/mol. The molecule has 1 aliphatic rings. The number of piperazine rings is 1. The van der Waals surface area contributed by atoms with Crippen LogP contribution < -0.4 is 10.2 Å². The lowest BCUT2D eigenvalue weighted by Crippen LogP contribution is -2.46. The standard InChI is InChI=1S/C17H19FN2/c1-13-6-5-9-15(18)17(13)20-11-10-19-12-16(20)14-7-3-2-4-8-14/h2-9,16,19H,10-12H2,1H3. The summed E-state index contributed by atoms with van der Waals surface area (Å²) in [5.41, 5.74) is 2.96. The third-order valence-corrected chi connectivity index (χ3v) is 3.90. The molecule has 104 valence electrons. The van der Waals surface area contributed by atoms with E-state index in [0.717, 1.165) is 30.9 Å². The maximum Gasteiger partial charge on any atom is 0.146 e. The fraction of sp³-hybridized carbons (Fsp3) is 0.294. The Balaban J connectivity index is 2.01. The van der Waals surface area contributed by atoms with Crippen LogP contribution in [0.3, 0.4) is 0 Å². The van der Waals surface area contributed by atoms with E-state index >= 15 is 0 Å². The minimum absolute atomic E-state index is 0.132. The number of anilines is 1. The zero-order valence-corrected chi connectivity index (χ0v) is 11.6. The molecule has 1 saturated heterocycles. The quantitative estimate of drug-likeness (QED) is 0.901. The molecular formula is C17H19FN2. The van der Waals surface area contributed by atoms with Crippen LogP contribution >= 0.6 is 0 Å². The average Bonchev–Trinajstić information content (AvgIpc) is 2.48. The molecule has 0 radical (unpaired) electrons. The highest BCUT2D eigenvalue weighted by atomic mass is 19.1. The molecule has 1 N–H and O–H groups in total. The Bertz CT molecular complexity index is 563. The molecule has 1 fully saturated rings. The van der Waals surface area contributed by atoms with E-state index in [-0.39, 0.29) is 11.9 Å². The fourth-order valence-corrected chi connectivity index (χ4v) is 2.93. The maximum atomic E-state index is 14.3. The van der Waals surface area contributed by atoms with Gasteiger partial charge in [-0.1, -0.05) is 42.5 Å². The molecule has 2 aromatic rings. The molecule has 0 spiro atoms. The van der Waals surface area contributed by atoms with Crippen molar-refractivity contribution < 1.29 is 4.39 Å². The summed E-state index contributed by atoms with van der Waals surface area (Å²) in [5.74, 6) is -0.132. The molecule has 0 bridgehead atoms. The molecule has 0 aromatic heterocycles. The van der Waals surface area contributed by atoms with Gasteiger partial charge in [0.15, 0.2) is 0 Å². The first-order chi connectivity index (χ1) is 9.77. The normalized spacial score (nSPS) is 19.1. The van der Waals surface area contributed by atoms with Crippen molar-refractivity contribution in [1.29, 1.82) is 0 Å². The molecule has 20 heavy (non-hydrogen) atoms. The number of para-hydroxylation sites is 1. The molecule has 1 atom stereocenters. The van der Waals surface area contributed by atoms with Crippen LogP contribution in [-0.4, -0.2) is 19.6 Å². The molecule has 0 amide bonds. The molecule has 3 rings (SSSR count). The van der Waals surface area contributed by atoms with Gasteiger partial charge < -0.3 is 10.2 Å². The van der Waals surface area contributed by atoms with E-state index in [1.54, 1.807) is 12.1 Å². The van der Waals surface area contributed by atoms with Crippen LogP contribution in [-0.2, 0) is 0 Å². The summed E-state index contributed by atoms with van der Waals surface area (Å²) in [6, 6.07) is 15.8. The molecule has 1 unspecified atom stereocenters. The summed E-state index contributed by atoms with van der Waals surface area (Å²) < 4.78 is 14.3. The second-order valence-electron chi connectivity index (χ2n) is 5.23. The van der Waals surface area contributed by atoms with Gasteiger partial charge >= 0.3 is 0 Å². The minimum Gasteiger partial charge on any atom is -0.359 e. The third kappa shape index (κ3) is 2.41. The summed E-state index contributed by atoms with van der Waals surface area (Å²) >= 11 is 0. The average molecular weight is 270 g/mol. The van der Waals surface area contributed by atoms with Gasteiger partial charge in [0.2, 0.25) is 0 Å². The summed E-state index contributed by atoms with van der Waals surface area (Å²) in [7, 11) is 0. The first-order valence-corrected chi connectivity index (χ1v) is 7.05. The Hall–Kier alpha value is -1.87. The molecule has 2 nitrogen and oxygen atoms in total. The van der Waals surface area contributed by atoms with Crippen molar-refractivity contribution >= 4 is 5.69 Å². The van der Waals surface area contributed by atoms with E-state index in [1.807, 2.05) is 31.2 Å². The summed E-state index contributed by atoms with van der Waals surface area (Å²) in [4.78, 5) is 2.19. The van der Waals surface area contributed by atoms with Crippen molar-refractivity contribution in [3.05, 3.63) is 65.5 Å². The Labute approximate surface area is 119 Å². The van der Waals surface area contributed by atoms with Gasteiger partial charge in [-0.2, -0.15) is 0 Å². The van der Waals surface area contributed by atoms with Crippen LogP contribution in [0, 0.1) is 12.7 Å². The summed E-state index contributed by atoms with van der Waals surface area (Å²) in [6.07, 6.45) is 0. The van der Waals surface area contributed by atoms with E-state index in [0.29, 0.717) is 0 Å². The Morgan fingerprint density at radius 2 is 1.90 bits per heavy atom. The van der Waals surface area contributed by atoms with Crippen LogP contribution in [0.4, 0.5) is 10.1 Å². The second kappa shape index (κ2) is 5.63. The van der Waals surface area contributed by atoms with Crippen molar-refractivity contribution in [1.82, 2.24) is 5.32 Å². The highest BCUT2D eigenvalue weighted by Crippen LogP contribution is 2.32. The van der Waals surface area contributed by atoms with Crippen LogP contribution in [0.25, 0.3) is 0 Å². The summed E-state index contributed by atoms with van der Waals surface area (Å²) in [5, 5.41) is 3.41. The van der Waals surface area contributed by atoms with Crippen LogP contribution in [0.15, 0.2) is 48.5 Å². The van der Waals surface area contributed by atoms with Crippen molar-refractivity contribution in [2.45, 2.75) is 13.0 Å². The molecule has 1 aliphatic heterocycles. The van der Waals surface area contributed by atoms with Gasteiger partial charge in [-0.3, -0.25) is 0 Å². The van der Waals surface area contributed by atoms with Gasteiger partial charge in [-0.05, 0) is 24.1 Å². The molecule has 3 heteroatoms. The van der Waals surface area contributed by atoms with Crippen LogP contribution in [0.5, 0.6) is 0 Å². The van der Waals surface area contributed by atoms with Crippen molar-refractivity contribution in [3.8, 4) is 0 Å². The third-order valence-electron chi connectivity index (χ3n) is 3.90. The lowest BCUT2D eigenvalue weighted by atomic mass is 10.0. The highest BCUT2D eigenvalue weighted by molar-refractivity contribution is 5.56. The van der Waals surface area contributed by atoms with Gasteiger partial charge in [0, 0.05) is 19.6 Å². The van der Waals surface area contributed by atoms with Crippen molar-refractivity contribution in [2.24, 2.45) is 0 Å². The Morgan fingerprint density at radius 1 is 1.10 bits per heavy atom. The number of rotatable bonds is 2. The van der Waals surface area contributed by atoms with E-state index in [9.17, 15) is 4.39 Å². The van der Waals surface area contributed by atoms with Crippen molar-refractivity contribution in [3.63, 3.8) is 0 Å². The second-order valence-corrected chi connectivity index (χ2v) is 5.23. The Morgan fingerprint density at radius 3 is 2.65 bits per heavy atom. The van der Waals surface area contributed by atoms with Crippen molar-refractivity contribution in [2.75, 3.05) is 24.5 Å². The zero-order chi connectivity index (χ0) is 13.9. The van der Waals surface area contributed by atoms with Crippen LogP contribution in [0.1, 0.15) is 17.2 Å². The molecule has 2 aromatic carbocycles. The number of nitrogens with one attached hydrogen (secondary N) is 1. The molecule has 0 saturated carbocycles. The number of halogens is 1.